The average molecular weight is 374 g/mol. The second-order valence-electron chi connectivity index (χ2n) is 5.80. The lowest BCUT2D eigenvalue weighted by Gasteiger charge is -2.13. The number of benzene rings is 2. The largest absolute Gasteiger partial charge is 0.398 e. The van der Waals surface area contributed by atoms with Crippen molar-refractivity contribution in [2.75, 3.05) is 0 Å². The van der Waals surface area contributed by atoms with Crippen molar-refractivity contribution in [2.24, 2.45) is 5.73 Å². The van der Waals surface area contributed by atoms with Crippen LogP contribution < -0.4 is 5.73 Å². The number of nitrogens with two attached hydrogens (primary N) is 1. The Balaban J connectivity index is 2.04. The molecule has 0 spiro atoms. The van der Waals surface area contributed by atoms with Gasteiger partial charge < -0.3 is 10.3 Å². The Labute approximate surface area is 156 Å². The van der Waals surface area contributed by atoms with Gasteiger partial charge in [0.2, 0.25) is 5.82 Å². The van der Waals surface area contributed by atoms with E-state index in [2.05, 4.69) is 10.1 Å². The minimum Gasteiger partial charge on any atom is -0.398 e. The summed E-state index contributed by atoms with van der Waals surface area (Å²) in [5, 5.41) is 5.28. The molecule has 3 rings (SSSR count). The smallest absolute Gasteiger partial charge is 0.253 e. The fourth-order valence-electron chi connectivity index (χ4n) is 2.74. The number of halogens is 2. The molecule has 0 atom stereocenters. The third kappa shape index (κ3) is 3.28. The first-order chi connectivity index (χ1) is 11.9. The maximum atomic E-state index is 6.38. The quantitative estimate of drug-likeness (QED) is 0.664. The van der Waals surface area contributed by atoms with E-state index in [0.29, 0.717) is 27.5 Å². The lowest BCUT2D eigenvalue weighted by atomic mass is 9.99. The van der Waals surface area contributed by atoms with Crippen molar-refractivity contribution in [3.63, 3.8) is 0 Å². The predicted octanol–water partition coefficient (Wildman–Crippen LogP) is 5.43. The lowest BCUT2D eigenvalue weighted by molar-refractivity contribution is 0.411. The molecule has 3 aromatic rings. The molecule has 0 aliphatic carbocycles. The highest BCUT2D eigenvalue weighted by Crippen LogP contribution is 2.38. The molecule has 0 amide bonds. The van der Waals surface area contributed by atoms with Gasteiger partial charge in [0, 0.05) is 27.4 Å². The summed E-state index contributed by atoms with van der Waals surface area (Å²) in [6, 6.07) is 9.59. The van der Waals surface area contributed by atoms with Crippen molar-refractivity contribution in [3.8, 4) is 11.4 Å². The topological polar surface area (TPSA) is 64.9 Å². The molecule has 4 nitrogen and oxygen atoms in total. The van der Waals surface area contributed by atoms with E-state index in [9.17, 15) is 0 Å². The first kappa shape index (κ1) is 17.5. The van der Waals surface area contributed by atoms with Crippen molar-refractivity contribution in [3.05, 3.63) is 68.5 Å². The van der Waals surface area contributed by atoms with Crippen LogP contribution in [0, 0.1) is 20.8 Å². The Hall–Kier alpha value is -2.30. The molecule has 0 bridgehead atoms. The van der Waals surface area contributed by atoms with E-state index >= 15 is 0 Å². The molecule has 0 aliphatic heterocycles. The van der Waals surface area contributed by atoms with E-state index in [1.807, 2.05) is 51.1 Å². The molecular weight excluding hydrogens is 357 g/mol. The zero-order chi connectivity index (χ0) is 18.1. The second-order valence-corrected chi connectivity index (χ2v) is 6.56. The maximum Gasteiger partial charge on any atom is 0.253 e. The monoisotopic (exact) mass is 373 g/mol. The molecule has 6 heteroatoms. The Morgan fingerprint density at radius 2 is 1.60 bits per heavy atom. The second kappa shape index (κ2) is 6.90. The van der Waals surface area contributed by atoms with Crippen LogP contribution in [-0.2, 0) is 0 Å². The number of rotatable bonds is 3. The Bertz CT molecular complexity index is 933. The zero-order valence-corrected chi connectivity index (χ0v) is 15.6. The maximum absolute atomic E-state index is 6.38. The fraction of sp³-hybridized carbons (Fsp3) is 0.158. The summed E-state index contributed by atoms with van der Waals surface area (Å²) in [7, 11) is 0. The first-order valence-electron chi connectivity index (χ1n) is 7.71. The van der Waals surface area contributed by atoms with Gasteiger partial charge in [0.05, 0.1) is 0 Å². The summed E-state index contributed by atoms with van der Waals surface area (Å²) in [6.45, 7) is 5.72. The van der Waals surface area contributed by atoms with Gasteiger partial charge in [-0.15, -0.1) is 0 Å². The molecule has 0 fully saturated rings. The van der Waals surface area contributed by atoms with Crippen LogP contribution in [0.15, 0.2) is 34.9 Å². The van der Waals surface area contributed by atoms with Gasteiger partial charge in [-0.25, -0.2) is 0 Å². The van der Waals surface area contributed by atoms with Gasteiger partial charge in [0.25, 0.3) is 5.89 Å². The fourth-order valence-corrected chi connectivity index (χ4v) is 3.16. The minimum atomic E-state index is 0.322. The highest BCUT2D eigenvalue weighted by Gasteiger charge is 2.20. The van der Waals surface area contributed by atoms with Crippen LogP contribution in [0.4, 0.5) is 0 Å². The van der Waals surface area contributed by atoms with E-state index in [0.717, 1.165) is 27.8 Å². The molecule has 0 unspecified atom stereocenters. The standard InChI is InChI=1S/C19H17Cl2N3O/c1-10-16(11(2)18(21)12(3)17(10)20)19-23-15(25-24-19)9-14(22)13-7-5-4-6-8-13/h4-9H,22H2,1-3H3/b14-9-. The lowest BCUT2D eigenvalue weighted by Crippen LogP contribution is -1.97. The van der Waals surface area contributed by atoms with E-state index < -0.39 is 0 Å². The zero-order valence-electron chi connectivity index (χ0n) is 14.1. The van der Waals surface area contributed by atoms with Gasteiger partial charge in [0.1, 0.15) is 0 Å². The van der Waals surface area contributed by atoms with Gasteiger partial charge in [-0.1, -0.05) is 58.7 Å². The van der Waals surface area contributed by atoms with Crippen LogP contribution in [0.25, 0.3) is 23.2 Å². The third-order valence-corrected chi connectivity index (χ3v) is 5.25. The summed E-state index contributed by atoms with van der Waals surface area (Å²) in [4.78, 5) is 4.43. The summed E-state index contributed by atoms with van der Waals surface area (Å²) >= 11 is 12.8. The Morgan fingerprint density at radius 3 is 2.20 bits per heavy atom. The van der Waals surface area contributed by atoms with Gasteiger partial charge in [-0.2, -0.15) is 4.98 Å². The molecule has 1 aromatic heterocycles. The van der Waals surface area contributed by atoms with E-state index in [4.69, 9.17) is 33.5 Å². The molecule has 1 heterocycles. The summed E-state index contributed by atoms with van der Waals surface area (Å²) < 4.78 is 5.33. The van der Waals surface area contributed by atoms with E-state index in [-0.39, 0.29) is 0 Å². The van der Waals surface area contributed by atoms with Crippen LogP contribution in [0.2, 0.25) is 10.0 Å². The van der Waals surface area contributed by atoms with E-state index in [1.165, 1.54) is 0 Å². The summed E-state index contributed by atoms with van der Waals surface area (Å²) in [6.07, 6.45) is 1.65. The van der Waals surface area contributed by atoms with Crippen LogP contribution in [-0.4, -0.2) is 10.1 Å². The van der Waals surface area contributed by atoms with Crippen molar-refractivity contribution in [1.82, 2.24) is 10.1 Å². The first-order valence-corrected chi connectivity index (χ1v) is 8.47. The van der Waals surface area contributed by atoms with Crippen LogP contribution >= 0.6 is 23.2 Å². The van der Waals surface area contributed by atoms with Crippen molar-refractivity contribution in [1.29, 1.82) is 0 Å². The summed E-state index contributed by atoms with van der Waals surface area (Å²) in [5.41, 5.74) is 10.9. The Morgan fingerprint density at radius 1 is 1.00 bits per heavy atom. The highest BCUT2D eigenvalue weighted by atomic mass is 35.5. The SMILES string of the molecule is Cc1c(Cl)c(C)c(-c2noc(/C=C(\N)c3ccccc3)n2)c(C)c1Cl. The number of hydrogen-bond acceptors (Lipinski definition) is 4. The highest BCUT2D eigenvalue weighted by molar-refractivity contribution is 6.37. The normalized spacial score (nSPS) is 11.8. The van der Waals surface area contributed by atoms with Crippen LogP contribution in [0.3, 0.4) is 0 Å². The van der Waals surface area contributed by atoms with Crippen molar-refractivity contribution < 1.29 is 4.52 Å². The van der Waals surface area contributed by atoms with E-state index in [1.54, 1.807) is 6.08 Å². The van der Waals surface area contributed by atoms with Gasteiger partial charge >= 0.3 is 0 Å². The van der Waals surface area contributed by atoms with Gasteiger partial charge in [-0.3, -0.25) is 0 Å². The molecule has 0 saturated heterocycles. The molecule has 0 saturated carbocycles. The van der Waals surface area contributed by atoms with Crippen LogP contribution in [0.1, 0.15) is 28.1 Å². The molecular formula is C19H17Cl2N3O. The van der Waals surface area contributed by atoms with Gasteiger partial charge in [-0.05, 0) is 43.0 Å². The number of nitrogens with zero attached hydrogens (tertiary/aromatic N) is 2. The molecule has 0 radical (unpaired) electrons. The molecule has 2 aromatic carbocycles. The molecule has 128 valence electrons. The van der Waals surface area contributed by atoms with Gasteiger partial charge in [0.15, 0.2) is 0 Å². The average Bonchev–Trinajstić information content (AvgIpc) is 3.07. The third-order valence-electron chi connectivity index (χ3n) is 4.12. The number of aromatic nitrogens is 2. The van der Waals surface area contributed by atoms with Crippen molar-refractivity contribution >= 4 is 35.0 Å². The van der Waals surface area contributed by atoms with Crippen LogP contribution in [0.5, 0.6) is 0 Å². The molecule has 25 heavy (non-hydrogen) atoms. The number of hydrogen-bond donors (Lipinski definition) is 1. The molecule has 2 N–H and O–H groups in total. The summed E-state index contributed by atoms with van der Waals surface area (Å²) in [5.74, 6) is 0.758. The van der Waals surface area contributed by atoms with Crippen molar-refractivity contribution in [2.45, 2.75) is 20.8 Å². The minimum absolute atomic E-state index is 0.322. The predicted molar refractivity (Wildman–Crippen MR) is 102 cm³/mol. The molecule has 0 aliphatic rings. The Kier molecular flexibility index (Phi) is 4.84.